The molecule has 0 aliphatic heterocycles. The predicted octanol–water partition coefficient (Wildman–Crippen LogP) is 4.44. The molecule has 0 aliphatic carbocycles. The quantitative estimate of drug-likeness (QED) is 0.461. The van der Waals surface area contributed by atoms with Crippen molar-refractivity contribution in [1.82, 2.24) is 15.3 Å². The van der Waals surface area contributed by atoms with Gasteiger partial charge < -0.3 is 15.0 Å². The topological polar surface area (TPSA) is 84.1 Å². The molecular weight excluding hydrogens is 463 g/mol. The summed E-state index contributed by atoms with van der Waals surface area (Å²) in [6, 6.07) is 4.58. The van der Waals surface area contributed by atoms with E-state index in [1.807, 2.05) is 13.8 Å². The van der Waals surface area contributed by atoms with Crippen molar-refractivity contribution in [3.05, 3.63) is 56.4 Å². The van der Waals surface area contributed by atoms with Gasteiger partial charge >= 0.3 is 6.18 Å². The number of alkyl halides is 3. The van der Waals surface area contributed by atoms with Crippen molar-refractivity contribution in [2.45, 2.75) is 38.0 Å². The number of thiophene rings is 1. The van der Waals surface area contributed by atoms with Crippen LogP contribution in [0.4, 0.5) is 13.2 Å². The summed E-state index contributed by atoms with van der Waals surface area (Å²) in [5, 5.41) is 2.87. The van der Waals surface area contributed by atoms with E-state index in [9.17, 15) is 22.8 Å². The summed E-state index contributed by atoms with van der Waals surface area (Å²) in [7, 11) is 0. The number of aromatic nitrogens is 2. The van der Waals surface area contributed by atoms with Gasteiger partial charge in [-0.1, -0.05) is 6.07 Å². The van der Waals surface area contributed by atoms with Gasteiger partial charge in [-0.25, -0.2) is 4.98 Å². The summed E-state index contributed by atoms with van der Waals surface area (Å²) in [6.45, 7) is 5.74. The number of halogens is 3. The molecule has 11 heteroatoms. The van der Waals surface area contributed by atoms with Gasteiger partial charge in [-0.05, 0) is 44.5 Å². The maximum atomic E-state index is 12.7. The molecule has 0 bridgehead atoms. The van der Waals surface area contributed by atoms with Crippen LogP contribution in [0.3, 0.4) is 0 Å². The van der Waals surface area contributed by atoms with Crippen molar-refractivity contribution >= 4 is 39.2 Å². The molecule has 172 valence electrons. The highest BCUT2D eigenvalue weighted by molar-refractivity contribution is 7.99. The maximum absolute atomic E-state index is 12.7. The number of amides is 1. The normalized spacial score (nSPS) is 12.7. The molecule has 0 radical (unpaired) electrons. The summed E-state index contributed by atoms with van der Waals surface area (Å²) in [6.07, 6.45) is -4.44. The van der Waals surface area contributed by atoms with Crippen LogP contribution in [0.2, 0.25) is 0 Å². The Morgan fingerprint density at radius 2 is 2.09 bits per heavy atom. The van der Waals surface area contributed by atoms with Gasteiger partial charge in [0.25, 0.3) is 5.56 Å². The molecule has 1 amide bonds. The zero-order chi connectivity index (χ0) is 23.5. The molecule has 0 fully saturated rings. The minimum Gasteiger partial charge on any atom is -0.492 e. The molecule has 3 aromatic rings. The first-order valence-corrected chi connectivity index (χ1v) is 11.6. The van der Waals surface area contributed by atoms with Gasteiger partial charge in [0.1, 0.15) is 23.0 Å². The Kier molecular flexibility index (Phi) is 7.50. The van der Waals surface area contributed by atoms with E-state index < -0.39 is 17.0 Å². The average Bonchev–Trinajstić information content (AvgIpc) is 3.02. The molecule has 0 aliphatic rings. The van der Waals surface area contributed by atoms with Crippen LogP contribution < -0.4 is 15.6 Å². The molecular formula is C21H22F3N3O3S2. The minimum atomic E-state index is -4.44. The van der Waals surface area contributed by atoms with Gasteiger partial charge in [-0.2, -0.15) is 13.2 Å². The van der Waals surface area contributed by atoms with Crippen molar-refractivity contribution in [3.8, 4) is 5.75 Å². The first-order chi connectivity index (χ1) is 15.1. The Hall–Kier alpha value is -2.53. The molecule has 2 aromatic heterocycles. The fourth-order valence-electron chi connectivity index (χ4n) is 2.90. The molecule has 32 heavy (non-hydrogen) atoms. The molecule has 0 saturated heterocycles. The lowest BCUT2D eigenvalue weighted by molar-refractivity contribution is -0.137. The SMILES string of the molecule is Cc1sc2nc(CSC(C)C(=O)NCCOc3cccc(C(F)(F)F)c3)[nH]c(=O)c2c1C. The van der Waals surface area contributed by atoms with Crippen molar-refractivity contribution in [2.24, 2.45) is 0 Å². The average molecular weight is 486 g/mol. The van der Waals surface area contributed by atoms with E-state index in [0.717, 1.165) is 22.6 Å². The summed E-state index contributed by atoms with van der Waals surface area (Å²) < 4.78 is 43.5. The van der Waals surface area contributed by atoms with Gasteiger partial charge in [-0.15, -0.1) is 23.1 Å². The minimum absolute atomic E-state index is 0.0348. The van der Waals surface area contributed by atoms with E-state index in [4.69, 9.17) is 4.74 Å². The highest BCUT2D eigenvalue weighted by Gasteiger charge is 2.30. The zero-order valence-corrected chi connectivity index (χ0v) is 19.3. The number of rotatable bonds is 8. The molecule has 1 unspecified atom stereocenters. The molecule has 0 saturated carbocycles. The van der Waals surface area contributed by atoms with Gasteiger partial charge in [0.15, 0.2) is 0 Å². The van der Waals surface area contributed by atoms with Crippen LogP contribution >= 0.6 is 23.1 Å². The lowest BCUT2D eigenvalue weighted by Gasteiger charge is -2.13. The molecule has 0 spiro atoms. The molecule has 6 nitrogen and oxygen atoms in total. The van der Waals surface area contributed by atoms with E-state index in [2.05, 4.69) is 15.3 Å². The number of carbonyl (C=O) groups is 1. The number of nitrogens with one attached hydrogen (secondary N) is 2. The number of nitrogens with zero attached hydrogens (tertiary/aromatic N) is 1. The second-order valence-corrected chi connectivity index (χ2v) is 9.63. The van der Waals surface area contributed by atoms with Gasteiger partial charge in [-0.3, -0.25) is 9.59 Å². The van der Waals surface area contributed by atoms with E-state index >= 15 is 0 Å². The highest BCUT2D eigenvalue weighted by Crippen LogP contribution is 2.31. The van der Waals surface area contributed by atoms with Crippen molar-refractivity contribution in [1.29, 1.82) is 0 Å². The molecule has 1 aromatic carbocycles. The number of H-pyrrole nitrogens is 1. The van der Waals surface area contributed by atoms with Crippen LogP contribution in [0.5, 0.6) is 5.75 Å². The van der Waals surface area contributed by atoms with Crippen LogP contribution in [0, 0.1) is 13.8 Å². The Morgan fingerprint density at radius 1 is 1.34 bits per heavy atom. The maximum Gasteiger partial charge on any atom is 0.416 e. The third-order valence-electron chi connectivity index (χ3n) is 4.76. The van der Waals surface area contributed by atoms with Gasteiger partial charge in [0.05, 0.1) is 28.5 Å². The van der Waals surface area contributed by atoms with Crippen LogP contribution in [-0.2, 0) is 16.7 Å². The molecule has 2 N–H and O–H groups in total. The number of ether oxygens (including phenoxy) is 1. The molecule has 1 atom stereocenters. The van der Waals surface area contributed by atoms with Gasteiger partial charge in [0.2, 0.25) is 5.91 Å². The smallest absolute Gasteiger partial charge is 0.416 e. The van der Waals surface area contributed by atoms with Crippen LogP contribution in [0.1, 0.15) is 28.8 Å². The lowest BCUT2D eigenvalue weighted by Crippen LogP contribution is -2.34. The number of aromatic amines is 1. The number of thioether (sulfide) groups is 1. The number of aryl methyl sites for hydroxylation is 2. The second-order valence-electron chi connectivity index (χ2n) is 7.09. The Balaban J connectivity index is 1.46. The Bertz CT molecular complexity index is 1170. The second kappa shape index (κ2) is 9.95. The standard InChI is InChI=1S/C21H22F3N3O3S2/c1-11-12(2)32-20-17(11)19(29)26-16(27-20)10-31-13(3)18(28)25-7-8-30-15-6-4-5-14(9-15)21(22,23)24/h4-6,9,13H,7-8,10H2,1-3H3,(H,25,28)(H,26,27,29). The van der Waals surface area contributed by atoms with Crippen LogP contribution in [0.15, 0.2) is 29.1 Å². The van der Waals surface area contributed by atoms with Gasteiger partial charge in [0, 0.05) is 4.88 Å². The number of fused-ring (bicyclic) bond motifs is 1. The summed E-state index contributed by atoms with van der Waals surface area (Å²) >= 11 is 2.78. The summed E-state index contributed by atoms with van der Waals surface area (Å²) in [5.74, 6) is 0.701. The van der Waals surface area contributed by atoms with E-state index in [-0.39, 0.29) is 30.4 Å². The van der Waals surface area contributed by atoms with E-state index in [0.29, 0.717) is 21.8 Å². The highest BCUT2D eigenvalue weighted by atomic mass is 32.2. The fourth-order valence-corrected chi connectivity index (χ4v) is 4.72. The zero-order valence-electron chi connectivity index (χ0n) is 17.6. The Morgan fingerprint density at radius 3 is 2.81 bits per heavy atom. The Labute approximate surface area is 190 Å². The number of hydrogen-bond acceptors (Lipinski definition) is 6. The summed E-state index contributed by atoms with van der Waals surface area (Å²) in [4.78, 5) is 33.6. The third kappa shape index (κ3) is 5.83. The van der Waals surface area contributed by atoms with Crippen LogP contribution in [-0.4, -0.2) is 34.3 Å². The van der Waals surface area contributed by atoms with Crippen molar-refractivity contribution in [2.75, 3.05) is 13.2 Å². The van der Waals surface area contributed by atoms with E-state index in [1.54, 1.807) is 6.92 Å². The number of hydrogen-bond donors (Lipinski definition) is 2. The molecule has 2 heterocycles. The van der Waals surface area contributed by atoms with Crippen molar-refractivity contribution in [3.63, 3.8) is 0 Å². The van der Waals surface area contributed by atoms with Crippen molar-refractivity contribution < 1.29 is 22.7 Å². The number of carbonyl (C=O) groups excluding carboxylic acids is 1. The third-order valence-corrected chi connectivity index (χ3v) is 7.01. The first kappa shape index (κ1) is 24.1. The number of benzene rings is 1. The van der Waals surface area contributed by atoms with E-state index in [1.165, 1.54) is 35.2 Å². The first-order valence-electron chi connectivity index (χ1n) is 9.74. The fraction of sp³-hybridized carbons (Fsp3) is 0.381. The predicted molar refractivity (Wildman–Crippen MR) is 120 cm³/mol. The summed E-state index contributed by atoms with van der Waals surface area (Å²) in [5.41, 5.74) is -0.0453. The lowest BCUT2D eigenvalue weighted by atomic mass is 10.2. The largest absolute Gasteiger partial charge is 0.492 e. The van der Waals surface area contributed by atoms with Crippen LogP contribution in [0.25, 0.3) is 10.2 Å². The monoisotopic (exact) mass is 485 g/mol. The molecule has 3 rings (SSSR count).